The number of rotatable bonds is 7. The predicted molar refractivity (Wildman–Crippen MR) is 79.6 cm³/mol. The molecule has 1 aromatic rings. The van der Waals surface area contributed by atoms with Gasteiger partial charge in [-0.25, -0.2) is 0 Å². The van der Waals surface area contributed by atoms with E-state index in [1.54, 1.807) is 11.8 Å². The van der Waals surface area contributed by atoms with Gasteiger partial charge in [0.2, 0.25) is 11.8 Å². The topological polar surface area (TPSA) is 110 Å². The minimum absolute atomic E-state index is 0.00909. The summed E-state index contributed by atoms with van der Waals surface area (Å²) >= 11 is 0. The fraction of sp³-hybridized carbons (Fsp3) is 0.667. The number of nitrogens with zero attached hydrogens (tertiary/aromatic N) is 6. The fourth-order valence-corrected chi connectivity index (χ4v) is 2.76. The number of likely N-dealkylation sites (tertiary alicyclic amines) is 1. The monoisotopic (exact) mass is 316 g/mol. The van der Waals surface area contributed by atoms with Gasteiger partial charge >= 0.3 is 0 Å². The minimum Gasteiger partial charge on any atom is -0.340 e. The molecule has 1 aliphatic heterocycles. The van der Waals surface area contributed by atoms with Gasteiger partial charge in [0, 0.05) is 20.0 Å². The number of hydrogen-bond acceptors (Lipinski definition) is 7. The lowest BCUT2D eigenvalue weighted by atomic mass is 10.2. The Bertz CT molecular complexity index is 596. The summed E-state index contributed by atoms with van der Waals surface area (Å²) in [5, 5.41) is 21.4. The molecule has 2 heterocycles. The first-order chi connectivity index (χ1) is 11.2. The molecule has 1 aromatic heterocycles. The maximum Gasteiger partial charge on any atom is 0.236 e. The van der Waals surface area contributed by atoms with E-state index in [-0.39, 0.29) is 31.3 Å². The van der Waals surface area contributed by atoms with Gasteiger partial charge in [-0.3, -0.25) is 9.69 Å². The third kappa shape index (κ3) is 4.51. The second-order valence-electron chi connectivity index (χ2n) is 5.50. The average molecular weight is 316 g/mol. The molecule has 122 valence electrons. The van der Waals surface area contributed by atoms with Crippen LogP contribution in [0.2, 0.25) is 0 Å². The average Bonchev–Trinajstić information content (AvgIpc) is 3.16. The Balaban J connectivity index is 1.98. The molecular weight excluding hydrogens is 296 g/mol. The number of amides is 1. The van der Waals surface area contributed by atoms with Crippen molar-refractivity contribution in [1.82, 2.24) is 19.9 Å². The van der Waals surface area contributed by atoms with Crippen LogP contribution in [0.3, 0.4) is 0 Å². The van der Waals surface area contributed by atoms with Gasteiger partial charge in [-0.2, -0.15) is 15.5 Å². The first-order valence-electron chi connectivity index (χ1n) is 7.71. The molecule has 0 N–H and O–H groups in total. The molecule has 8 heteroatoms. The van der Waals surface area contributed by atoms with Crippen molar-refractivity contribution in [3.8, 4) is 12.1 Å². The molecule has 23 heavy (non-hydrogen) atoms. The third-order valence-electron chi connectivity index (χ3n) is 3.88. The van der Waals surface area contributed by atoms with E-state index >= 15 is 0 Å². The fourth-order valence-electron chi connectivity index (χ4n) is 2.76. The molecule has 8 nitrogen and oxygen atoms in total. The lowest BCUT2D eigenvalue weighted by Crippen LogP contribution is -2.41. The summed E-state index contributed by atoms with van der Waals surface area (Å²) in [5.74, 6) is 1.07. The van der Waals surface area contributed by atoms with Crippen LogP contribution in [0.1, 0.15) is 43.4 Å². The maximum absolute atomic E-state index is 12.5. The van der Waals surface area contributed by atoms with Crippen molar-refractivity contribution in [3.63, 3.8) is 0 Å². The lowest BCUT2D eigenvalue weighted by molar-refractivity contribution is -0.132. The number of carbonyl (C=O) groups is 1. The summed E-state index contributed by atoms with van der Waals surface area (Å²) in [6.07, 6.45) is 2.40. The molecule has 2 rings (SSSR count). The summed E-state index contributed by atoms with van der Waals surface area (Å²) in [5.41, 5.74) is 0. The summed E-state index contributed by atoms with van der Waals surface area (Å²) in [4.78, 5) is 20.4. The van der Waals surface area contributed by atoms with Gasteiger partial charge in [0.15, 0.2) is 5.82 Å². The van der Waals surface area contributed by atoms with E-state index < -0.39 is 0 Å². The van der Waals surface area contributed by atoms with Crippen LogP contribution in [0.15, 0.2) is 4.52 Å². The van der Waals surface area contributed by atoms with Crippen LogP contribution in [0.25, 0.3) is 0 Å². The van der Waals surface area contributed by atoms with Gasteiger partial charge in [0.1, 0.15) is 0 Å². The van der Waals surface area contributed by atoms with E-state index in [1.807, 2.05) is 17.0 Å². The Morgan fingerprint density at radius 3 is 2.65 bits per heavy atom. The van der Waals surface area contributed by atoms with Gasteiger partial charge in [0.25, 0.3) is 0 Å². The van der Waals surface area contributed by atoms with E-state index in [4.69, 9.17) is 15.0 Å². The standard InChI is InChI=1S/C15H20N6O2/c1-12-18-15(19-23-12)13-5-2-8-21(13)11-14(22)20(9-3-6-16)10-4-7-17/h13H,2-5,8-11H2,1H3/t13-/m0/s1. The molecule has 0 saturated carbocycles. The van der Waals surface area contributed by atoms with Crippen molar-refractivity contribution < 1.29 is 9.32 Å². The summed E-state index contributed by atoms with van der Waals surface area (Å²) < 4.78 is 5.03. The van der Waals surface area contributed by atoms with Crippen LogP contribution >= 0.6 is 0 Å². The Labute approximate surface area is 135 Å². The van der Waals surface area contributed by atoms with E-state index in [1.165, 1.54) is 0 Å². The zero-order valence-corrected chi connectivity index (χ0v) is 13.2. The second-order valence-corrected chi connectivity index (χ2v) is 5.50. The van der Waals surface area contributed by atoms with Crippen LogP contribution in [-0.4, -0.2) is 52.0 Å². The molecule has 0 aliphatic carbocycles. The van der Waals surface area contributed by atoms with Crippen molar-refractivity contribution in [3.05, 3.63) is 11.7 Å². The van der Waals surface area contributed by atoms with E-state index in [0.717, 1.165) is 19.4 Å². The van der Waals surface area contributed by atoms with Gasteiger partial charge in [-0.05, 0) is 19.4 Å². The zero-order valence-electron chi connectivity index (χ0n) is 13.2. The highest BCUT2D eigenvalue weighted by Gasteiger charge is 2.31. The van der Waals surface area contributed by atoms with Gasteiger partial charge in [-0.1, -0.05) is 5.16 Å². The molecule has 0 unspecified atom stereocenters. The Hall–Kier alpha value is -2.45. The first kappa shape index (κ1) is 16.9. The van der Waals surface area contributed by atoms with Gasteiger partial charge in [-0.15, -0.1) is 0 Å². The minimum atomic E-state index is -0.0670. The normalized spacial score (nSPS) is 17.6. The quantitative estimate of drug-likeness (QED) is 0.742. The van der Waals surface area contributed by atoms with Crippen LogP contribution in [-0.2, 0) is 4.79 Å². The number of aromatic nitrogens is 2. The number of aryl methyl sites for hydroxylation is 1. The molecule has 1 aliphatic rings. The van der Waals surface area contributed by atoms with Crippen LogP contribution in [0.4, 0.5) is 0 Å². The molecule has 1 saturated heterocycles. The highest BCUT2D eigenvalue weighted by atomic mass is 16.5. The summed E-state index contributed by atoms with van der Waals surface area (Å²) in [6, 6.07) is 4.07. The SMILES string of the molecule is Cc1nc([C@@H]2CCCN2CC(=O)N(CCC#N)CCC#N)no1. The first-order valence-corrected chi connectivity index (χ1v) is 7.71. The molecule has 0 aromatic carbocycles. The Kier molecular flexibility index (Phi) is 6.07. The highest BCUT2D eigenvalue weighted by Crippen LogP contribution is 2.29. The highest BCUT2D eigenvalue weighted by molar-refractivity contribution is 5.78. The van der Waals surface area contributed by atoms with Gasteiger partial charge < -0.3 is 9.42 Å². The largest absolute Gasteiger partial charge is 0.340 e. The van der Waals surface area contributed by atoms with Crippen molar-refractivity contribution >= 4 is 5.91 Å². The number of nitriles is 2. The van der Waals surface area contributed by atoms with E-state index in [2.05, 4.69) is 10.1 Å². The van der Waals surface area contributed by atoms with Crippen molar-refractivity contribution in [2.24, 2.45) is 0 Å². The van der Waals surface area contributed by atoms with Crippen LogP contribution < -0.4 is 0 Å². The van der Waals surface area contributed by atoms with Crippen LogP contribution in [0, 0.1) is 29.6 Å². The molecule has 1 amide bonds. The molecule has 0 radical (unpaired) electrons. The van der Waals surface area contributed by atoms with E-state index in [9.17, 15) is 4.79 Å². The van der Waals surface area contributed by atoms with Crippen molar-refractivity contribution in [2.45, 2.75) is 38.6 Å². The van der Waals surface area contributed by atoms with Crippen molar-refractivity contribution in [1.29, 1.82) is 10.5 Å². The second kappa shape index (κ2) is 8.25. The zero-order chi connectivity index (χ0) is 16.7. The van der Waals surface area contributed by atoms with Crippen LogP contribution in [0.5, 0.6) is 0 Å². The number of carbonyl (C=O) groups excluding carboxylic acids is 1. The Morgan fingerprint density at radius 2 is 2.09 bits per heavy atom. The molecule has 1 atom stereocenters. The summed E-state index contributed by atoms with van der Waals surface area (Å²) in [7, 11) is 0. The number of hydrogen-bond donors (Lipinski definition) is 0. The molecule has 1 fully saturated rings. The summed E-state index contributed by atoms with van der Waals surface area (Å²) in [6.45, 7) is 3.50. The molecule has 0 spiro atoms. The maximum atomic E-state index is 12.5. The molecular formula is C15H20N6O2. The molecule has 0 bridgehead atoms. The third-order valence-corrected chi connectivity index (χ3v) is 3.88. The predicted octanol–water partition coefficient (Wildman–Crippen LogP) is 1.17. The van der Waals surface area contributed by atoms with Gasteiger partial charge in [0.05, 0.1) is 37.6 Å². The van der Waals surface area contributed by atoms with Crippen molar-refractivity contribution in [2.75, 3.05) is 26.2 Å². The lowest BCUT2D eigenvalue weighted by Gasteiger charge is -2.26. The Morgan fingerprint density at radius 1 is 1.39 bits per heavy atom. The smallest absolute Gasteiger partial charge is 0.236 e. The van der Waals surface area contributed by atoms with E-state index in [0.29, 0.717) is 24.8 Å².